The smallest absolute Gasteiger partial charge is 0.246 e. The highest BCUT2D eigenvalue weighted by Crippen LogP contribution is 2.44. The fourth-order valence-corrected chi connectivity index (χ4v) is 3.83. The lowest BCUT2D eigenvalue weighted by Crippen LogP contribution is -2.63. The SMILES string of the molecule is CC(=O)NC1(C(=O)NC(C)(C)C)CCC2C1CCN2C. The number of nitrogens with zero attached hydrogens (tertiary/aromatic N) is 1. The van der Waals surface area contributed by atoms with Gasteiger partial charge in [-0.2, -0.15) is 0 Å². The second kappa shape index (κ2) is 5.02. The molecule has 1 saturated carbocycles. The Balaban J connectivity index is 2.28. The lowest BCUT2D eigenvalue weighted by atomic mass is 9.83. The molecule has 3 unspecified atom stereocenters. The van der Waals surface area contributed by atoms with Crippen molar-refractivity contribution in [1.82, 2.24) is 15.5 Å². The summed E-state index contributed by atoms with van der Waals surface area (Å²) in [5, 5.41) is 6.05. The lowest BCUT2D eigenvalue weighted by Gasteiger charge is -2.37. The van der Waals surface area contributed by atoms with E-state index in [1.54, 1.807) is 0 Å². The molecule has 0 aromatic rings. The number of amides is 2. The van der Waals surface area contributed by atoms with Gasteiger partial charge in [-0.05, 0) is 53.6 Å². The number of nitrogens with one attached hydrogen (secondary N) is 2. The largest absolute Gasteiger partial charge is 0.349 e. The number of fused-ring (bicyclic) bond motifs is 1. The quantitative estimate of drug-likeness (QED) is 0.790. The Labute approximate surface area is 121 Å². The molecule has 2 fully saturated rings. The summed E-state index contributed by atoms with van der Waals surface area (Å²) in [7, 11) is 2.11. The first-order chi connectivity index (χ1) is 9.16. The van der Waals surface area contributed by atoms with Crippen LogP contribution in [0.2, 0.25) is 0 Å². The monoisotopic (exact) mass is 281 g/mol. The lowest BCUT2D eigenvalue weighted by molar-refractivity contribution is -0.135. The van der Waals surface area contributed by atoms with Gasteiger partial charge in [0.1, 0.15) is 5.54 Å². The molecule has 20 heavy (non-hydrogen) atoms. The molecule has 3 atom stereocenters. The van der Waals surface area contributed by atoms with E-state index in [1.807, 2.05) is 20.8 Å². The molecule has 5 nitrogen and oxygen atoms in total. The molecule has 1 saturated heterocycles. The zero-order chi connectivity index (χ0) is 15.1. The van der Waals surface area contributed by atoms with Crippen molar-refractivity contribution in [2.24, 2.45) is 5.92 Å². The summed E-state index contributed by atoms with van der Waals surface area (Å²) >= 11 is 0. The van der Waals surface area contributed by atoms with Gasteiger partial charge in [0.2, 0.25) is 11.8 Å². The molecule has 1 aliphatic carbocycles. The predicted molar refractivity (Wildman–Crippen MR) is 78.2 cm³/mol. The van der Waals surface area contributed by atoms with Crippen molar-refractivity contribution in [3.63, 3.8) is 0 Å². The van der Waals surface area contributed by atoms with Crippen LogP contribution in [0.5, 0.6) is 0 Å². The van der Waals surface area contributed by atoms with Crippen molar-refractivity contribution in [2.45, 2.75) is 64.1 Å². The van der Waals surface area contributed by atoms with Gasteiger partial charge in [0.15, 0.2) is 0 Å². The van der Waals surface area contributed by atoms with E-state index in [1.165, 1.54) is 6.92 Å². The van der Waals surface area contributed by atoms with Crippen molar-refractivity contribution in [3.8, 4) is 0 Å². The van der Waals surface area contributed by atoms with E-state index >= 15 is 0 Å². The molecule has 5 heteroatoms. The van der Waals surface area contributed by atoms with E-state index in [9.17, 15) is 9.59 Å². The van der Waals surface area contributed by atoms with Crippen LogP contribution in [0.15, 0.2) is 0 Å². The van der Waals surface area contributed by atoms with Crippen LogP contribution in [0.25, 0.3) is 0 Å². The standard InChI is InChI=1S/C15H27N3O2/c1-10(19)16-15(13(20)17-14(2,3)4)8-6-12-11(15)7-9-18(12)5/h11-12H,6-9H2,1-5H3,(H,16,19)(H,17,20). The van der Waals surface area contributed by atoms with Crippen LogP contribution in [0.3, 0.4) is 0 Å². The van der Waals surface area contributed by atoms with E-state index in [4.69, 9.17) is 0 Å². The summed E-state index contributed by atoms with van der Waals surface area (Å²) in [5.41, 5.74) is -1.01. The van der Waals surface area contributed by atoms with Gasteiger partial charge < -0.3 is 15.5 Å². The minimum atomic E-state index is -0.728. The maximum atomic E-state index is 12.8. The minimum absolute atomic E-state index is 0.0250. The summed E-state index contributed by atoms with van der Waals surface area (Å²) in [6.45, 7) is 8.41. The highest BCUT2D eigenvalue weighted by Gasteiger charge is 2.57. The maximum Gasteiger partial charge on any atom is 0.246 e. The normalized spacial score (nSPS) is 33.9. The van der Waals surface area contributed by atoms with Gasteiger partial charge >= 0.3 is 0 Å². The molecule has 0 aromatic heterocycles. The molecule has 0 radical (unpaired) electrons. The molecular weight excluding hydrogens is 254 g/mol. The second-order valence-corrected chi connectivity index (χ2v) is 7.34. The Morgan fingerprint density at radius 2 is 1.90 bits per heavy atom. The third kappa shape index (κ3) is 2.68. The van der Waals surface area contributed by atoms with Crippen molar-refractivity contribution in [2.75, 3.05) is 13.6 Å². The zero-order valence-corrected chi connectivity index (χ0v) is 13.2. The van der Waals surface area contributed by atoms with E-state index in [-0.39, 0.29) is 23.3 Å². The summed E-state index contributed by atoms with van der Waals surface area (Å²) < 4.78 is 0. The third-order valence-corrected chi connectivity index (χ3v) is 4.58. The van der Waals surface area contributed by atoms with Crippen LogP contribution in [0.1, 0.15) is 47.0 Å². The Morgan fingerprint density at radius 1 is 1.25 bits per heavy atom. The van der Waals surface area contributed by atoms with Gasteiger partial charge in [0.05, 0.1) is 0 Å². The summed E-state index contributed by atoms with van der Waals surface area (Å²) in [6.07, 6.45) is 2.67. The molecule has 1 aliphatic heterocycles. The van der Waals surface area contributed by atoms with Gasteiger partial charge in [-0.1, -0.05) is 0 Å². The molecule has 2 rings (SSSR count). The van der Waals surface area contributed by atoms with Gasteiger partial charge in [-0.25, -0.2) is 0 Å². The van der Waals surface area contributed by atoms with E-state index < -0.39 is 5.54 Å². The van der Waals surface area contributed by atoms with Gasteiger partial charge in [0.25, 0.3) is 0 Å². The first kappa shape index (κ1) is 15.3. The van der Waals surface area contributed by atoms with Crippen LogP contribution in [0.4, 0.5) is 0 Å². The average molecular weight is 281 g/mol. The van der Waals surface area contributed by atoms with E-state index in [0.717, 1.165) is 25.8 Å². The van der Waals surface area contributed by atoms with E-state index in [0.29, 0.717) is 6.04 Å². The van der Waals surface area contributed by atoms with Crippen molar-refractivity contribution >= 4 is 11.8 Å². The summed E-state index contributed by atoms with van der Waals surface area (Å²) in [6, 6.07) is 0.410. The highest BCUT2D eigenvalue weighted by atomic mass is 16.2. The van der Waals surface area contributed by atoms with Crippen LogP contribution >= 0.6 is 0 Å². The van der Waals surface area contributed by atoms with Gasteiger partial charge in [-0.3, -0.25) is 9.59 Å². The molecule has 2 N–H and O–H groups in total. The molecular formula is C15H27N3O2. The fourth-order valence-electron chi connectivity index (χ4n) is 3.83. The van der Waals surface area contributed by atoms with Crippen molar-refractivity contribution < 1.29 is 9.59 Å². The average Bonchev–Trinajstić information content (AvgIpc) is 2.79. The minimum Gasteiger partial charge on any atom is -0.349 e. The Morgan fingerprint density at radius 3 is 2.45 bits per heavy atom. The molecule has 2 aliphatic rings. The van der Waals surface area contributed by atoms with Crippen LogP contribution in [-0.2, 0) is 9.59 Å². The van der Waals surface area contributed by atoms with Crippen LogP contribution in [0, 0.1) is 5.92 Å². The topological polar surface area (TPSA) is 61.4 Å². The van der Waals surface area contributed by atoms with Crippen LogP contribution in [-0.4, -0.2) is 47.4 Å². The summed E-state index contributed by atoms with van der Waals surface area (Å²) in [4.78, 5) is 26.8. The number of hydrogen-bond acceptors (Lipinski definition) is 3. The molecule has 1 heterocycles. The van der Waals surface area contributed by atoms with Crippen molar-refractivity contribution in [3.05, 3.63) is 0 Å². The Hall–Kier alpha value is -1.10. The first-order valence-corrected chi connectivity index (χ1v) is 7.47. The first-order valence-electron chi connectivity index (χ1n) is 7.47. The Kier molecular flexibility index (Phi) is 3.84. The molecule has 0 aromatic carbocycles. The second-order valence-electron chi connectivity index (χ2n) is 7.34. The number of likely N-dealkylation sites (tertiary alicyclic amines) is 1. The maximum absolute atomic E-state index is 12.8. The van der Waals surface area contributed by atoms with E-state index in [2.05, 4.69) is 22.6 Å². The van der Waals surface area contributed by atoms with Gasteiger partial charge in [0, 0.05) is 24.4 Å². The third-order valence-electron chi connectivity index (χ3n) is 4.58. The zero-order valence-electron chi connectivity index (χ0n) is 13.2. The Bertz CT molecular complexity index is 416. The number of hydrogen-bond donors (Lipinski definition) is 2. The molecule has 114 valence electrons. The number of carbonyl (C=O) groups excluding carboxylic acids is 2. The molecule has 2 amide bonds. The van der Waals surface area contributed by atoms with Gasteiger partial charge in [-0.15, -0.1) is 0 Å². The van der Waals surface area contributed by atoms with Crippen LogP contribution < -0.4 is 10.6 Å². The molecule has 0 spiro atoms. The predicted octanol–water partition coefficient (Wildman–Crippen LogP) is 0.890. The van der Waals surface area contributed by atoms with Crippen molar-refractivity contribution in [1.29, 1.82) is 0 Å². The number of carbonyl (C=O) groups is 2. The molecule has 0 bridgehead atoms. The fraction of sp³-hybridized carbons (Fsp3) is 0.867. The number of rotatable bonds is 2. The highest BCUT2D eigenvalue weighted by molar-refractivity contribution is 5.92. The summed E-state index contributed by atoms with van der Waals surface area (Å²) in [5.74, 6) is 0.0750.